The van der Waals surface area contributed by atoms with Crippen molar-refractivity contribution in [1.29, 1.82) is 0 Å². The van der Waals surface area contributed by atoms with E-state index in [4.69, 9.17) is 0 Å². The van der Waals surface area contributed by atoms with Crippen LogP contribution < -0.4 is 10.6 Å². The van der Waals surface area contributed by atoms with Gasteiger partial charge in [-0.25, -0.2) is 4.79 Å². The maximum atomic E-state index is 12.9. The van der Waals surface area contributed by atoms with Crippen molar-refractivity contribution in [2.24, 2.45) is 0 Å². The van der Waals surface area contributed by atoms with Gasteiger partial charge in [0, 0.05) is 5.54 Å². The van der Waals surface area contributed by atoms with E-state index in [1.807, 2.05) is 45.0 Å². The first-order chi connectivity index (χ1) is 11.7. The first-order valence-electron chi connectivity index (χ1n) is 8.80. The highest BCUT2D eigenvalue weighted by Gasteiger charge is 2.49. The lowest BCUT2D eigenvalue weighted by Gasteiger charge is -2.25. The van der Waals surface area contributed by atoms with Crippen molar-refractivity contribution >= 4 is 17.8 Å². The van der Waals surface area contributed by atoms with E-state index in [2.05, 4.69) is 31.4 Å². The maximum absolute atomic E-state index is 12.9. The topological polar surface area (TPSA) is 78.5 Å². The molecule has 1 saturated heterocycles. The number of hydrogen-bond acceptors (Lipinski definition) is 3. The summed E-state index contributed by atoms with van der Waals surface area (Å²) in [5.74, 6) is -0.789. The predicted octanol–water partition coefficient (Wildman–Crippen LogP) is 2.67. The lowest BCUT2D eigenvalue weighted by Crippen LogP contribution is -2.48. The minimum Gasteiger partial charge on any atom is -0.350 e. The van der Waals surface area contributed by atoms with Crippen LogP contribution in [0.1, 0.15) is 59.6 Å². The molecule has 142 valence electrons. The van der Waals surface area contributed by atoms with Gasteiger partial charge >= 0.3 is 6.03 Å². The molecule has 0 unspecified atom stereocenters. The molecule has 4 amide bonds. The SMILES string of the molecule is CC(C)(C)NC(=O)CN1C(=O)N[C@](C)(c2ccc(C(C)(C)C)cc2)C1=O. The molecule has 0 spiro atoms. The molecule has 1 aromatic rings. The van der Waals surface area contributed by atoms with Gasteiger partial charge in [-0.1, -0.05) is 45.0 Å². The van der Waals surface area contributed by atoms with Gasteiger partial charge in [-0.05, 0) is 44.2 Å². The lowest BCUT2D eigenvalue weighted by molar-refractivity contribution is -0.135. The maximum Gasteiger partial charge on any atom is 0.325 e. The molecule has 0 saturated carbocycles. The molecule has 0 bridgehead atoms. The molecule has 6 nitrogen and oxygen atoms in total. The number of amides is 4. The summed E-state index contributed by atoms with van der Waals surface area (Å²) in [7, 11) is 0. The van der Waals surface area contributed by atoms with Crippen LogP contribution in [-0.2, 0) is 20.5 Å². The summed E-state index contributed by atoms with van der Waals surface area (Å²) in [6, 6.07) is 7.10. The van der Waals surface area contributed by atoms with Crippen LogP contribution in [0.25, 0.3) is 0 Å². The highest BCUT2D eigenvalue weighted by Crippen LogP contribution is 2.31. The number of rotatable bonds is 3. The van der Waals surface area contributed by atoms with E-state index < -0.39 is 23.0 Å². The van der Waals surface area contributed by atoms with Crippen LogP contribution in [0.3, 0.4) is 0 Å². The normalized spacial score (nSPS) is 21.0. The van der Waals surface area contributed by atoms with E-state index >= 15 is 0 Å². The molecule has 0 aromatic heterocycles. The summed E-state index contributed by atoms with van der Waals surface area (Å²) >= 11 is 0. The third-order valence-corrected chi connectivity index (χ3v) is 4.42. The van der Waals surface area contributed by atoms with Crippen molar-refractivity contribution in [3.8, 4) is 0 Å². The van der Waals surface area contributed by atoms with Crippen LogP contribution in [0.2, 0.25) is 0 Å². The number of nitrogens with one attached hydrogen (secondary N) is 2. The van der Waals surface area contributed by atoms with Gasteiger partial charge in [-0.15, -0.1) is 0 Å². The molecule has 1 fully saturated rings. The Bertz CT molecular complexity index is 726. The third kappa shape index (κ3) is 4.06. The van der Waals surface area contributed by atoms with Gasteiger partial charge in [0.2, 0.25) is 5.91 Å². The summed E-state index contributed by atoms with van der Waals surface area (Å²) in [4.78, 5) is 38.3. The lowest BCUT2D eigenvalue weighted by atomic mass is 9.84. The number of urea groups is 1. The smallest absolute Gasteiger partial charge is 0.325 e. The zero-order chi connectivity index (χ0) is 19.9. The summed E-state index contributed by atoms with van der Waals surface area (Å²) in [6.07, 6.45) is 0. The van der Waals surface area contributed by atoms with Crippen LogP contribution in [-0.4, -0.2) is 34.8 Å². The van der Waals surface area contributed by atoms with E-state index in [0.717, 1.165) is 10.5 Å². The van der Waals surface area contributed by atoms with Gasteiger partial charge in [0.25, 0.3) is 5.91 Å². The Kier molecular flexibility index (Phi) is 4.92. The Morgan fingerprint density at radius 3 is 2.08 bits per heavy atom. The average Bonchev–Trinajstić information content (AvgIpc) is 2.69. The number of carbonyl (C=O) groups excluding carboxylic acids is 3. The standard InChI is InChI=1S/C20H29N3O3/c1-18(2,3)13-8-10-14(11-9-13)20(7)16(25)23(17(26)22-20)12-15(24)21-19(4,5)6/h8-11H,12H2,1-7H3,(H,21,24)(H,22,26)/t20-/m1/s1. The summed E-state index contributed by atoms with van der Waals surface area (Å²) < 4.78 is 0. The molecule has 1 aliphatic rings. The fraction of sp³-hybridized carbons (Fsp3) is 0.550. The Balaban J connectivity index is 2.22. The molecule has 0 radical (unpaired) electrons. The van der Waals surface area contributed by atoms with Crippen LogP contribution in [0, 0.1) is 0 Å². The zero-order valence-electron chi connectivity index (χ0n) is 16.7. The molecule has 1 heterocycles. The zero-order valence-corrected chi connectivity index (χ0v) is 16.7. The van der Waals surface area contributed by atoms with Gasteiger partial charge in [-0.3, -0.25) is 14.5 Å². The van der Waals surface area contributed by atoms with Crippen LogP contribution >= 0.6 is 0 Å². The monoisotopic (exact) mass is 359 g/mol. The number of imide groups is 1. The number of carbonyl (C=O) groups is 3. The second kappa shape index (κ2) is 6.41. The molecule has 1 atom stereocenters. The highest BCUT2D eigenvalue weighted by atomic mass is 16.2. The fourth-order valence-corrected chi connectivity index (χ4v) is 2.94. The molecular formula is C20H29N3O3. The van der Waals surface area contributed by atoms with Crippen molar-refractivity contribution in [1.82, 2.24) is 15.5 Å². The van der Waals surface area contributed by atoms with Crippen molar-refractivity contribution in [3.05, 3.63) is 35.4 Å². The van der Waals surface area contributed by atoms with Crippen molar-refractivity contribution in [3.63, 3.8) is 0 Å². The molecular weight excluding hydrogens is 330 g/mol. The molecule has 2 N–H and O–H groups in total. The predicted molar refractivity (Wildman–Crippen MR) is 101 cm³/mol. The van der Waals surface area contributed by atoms with Gasteiger partial charge in [-0.2, -0.15) is 0 Å². The third-order valence-electron chi connectivity index (χ3n) is 4.42. The molecule has 26 heavy (non-hydrogen) atoms. The molecule has 1 aliphatic heterocycles. The van der Waals surface area contributed by atoms with E-state index in [9.17, 15) is 14.4 Å². The van der Waals surface area contributed by atoms with Crippen LogP contribution in [0.4, 0.5) is 4.79 Å². The molecule has 1 aromatic carbocycles. The van der Waals surface area contributed by atoms with Crippen molar-refractivity contribution in [2.75, 3.05) is 6.54 Å². The quantitative estimate of drug-likeness (QED) is 0.815. The van der Waals surface area contributed by atoms with Gasteiger partial charge in [0.1, 0.15) is 12.1 Å². The minimum atomic E-state index is -1.17. The van der Waals surface area contributed by atoms with Crippen LogP contribution in [0.5, 0.6) is 0 Å². The Labute approximate surface area is 155 Å². The van der Waals surface area contributed by atoms with Gasteiger partial charge in [0.05, 0.1) is 0 Å². The number of benzene rings is 1. The van der Waals surface area contributed by atoms with E-state index in [1.165, 1.54) is 0 Å². The Morgan fingerprint density at radius 1 is 1.08 bits per heavy atom. The largest absolute Gasteiger partial charge is 0.350 e. The average molecular weight is 359 g/mol. The fourth-order valence-electron chi connectivity index (χ4n) is 2.94. The van der Waals surface area contributed by atoms with E-state index in [1.54, 1.807) is 6.92 Å². The summed E-state index contributed by atoms with van der Waals surface area (Å²) in [5, 5.41) is 5.50. The Morgan fingerprint density at radius 2 is 1.62 bits per heavy atom. The first-order valence-corrected chi connectivity index (χ1v) is 8.80. The highest BCUT2D eigenvalue weighted by molar-refractivity contribution is 6.09. The second-order valence-electron chi connectivity index (χ2n) is 9.07. The van der Waals surface area contributed by atoms with Crippen molar-refractivity contribution < 1.29 is 14.4 Å². The molecule has 0 aliphatic carbocycles. The van der Waals surface area contributed by atoms with E-state index in [0.29, 0.717) is 5.56 Å². The number of nitrogens with zero attached hydrogens (tertiary/aromatic N) is 1. The second-order valence-corrected chi connectivity index (χ2v) is 9.07. The molecule has 2 rings (SSSR count). The minimum absolute atomic E-state index is 0.000548. The summed E-state index contributed by atoms with van der Waals surface area (Å²) in [6.45, 7) is 13.2. The van der Waals surface area contributed by atoms with Crippen LogP contribution in [0.15, 0.2) is 24.3 Å². The number of hydrogen-bond donors (Lipinski definition) is 2. The Hall–Kier alpha value is -2.37. The first kappa shape index (κ1) is 19.9. The molecule has 6 heteroatoms. The van der Waals surface area contributed by atoms with Crippen molar-refractivity contribution in [2.45, 2.75) is 65.0 Å². The van der Waals surface area contributed by atoms with Gasteiger partial charge < -0.3 is 10.6 Å². The van der Waals surface area contributed by atoms with E-state index in [-0.39, 0.29) is 17.9 Å². The van der Waals surface area contributed by atoms with Gasteiger partial charge in [0.15, 0.2) is 0 Å². The summed E-state index contributed by atoms with van der Waals surface area (Å²) in [5.41, 5.74) is 0.239.